The Balaban J connectivity index is 2.53. The van der Waals surface area contributed by atoms with Crippen LogP contribution in [0, 0.1) is 5.92 Å². The summed E-state index contributed by atoms with van der Waals surface area (Å²) in [5.74, 6) is -0.845. The first-order chi connectivity index (χ1) is 6.15. The van der Waals surface area contributed by atoms with Gasteiger partial charge in [-0.25, -0.2) is 4.79 Å². The standard InChI is InChI=1S/C9H14O4/c1-13-9(12)8(11)6-2-4-7(10)5-3-6/h2,4,6-8,10-11H,3,5H2,1H3. The van der Waals surface area contributed by atoms with Crippen molar-refractivity contribution in [3.63, 3.8) is 0 Å². The maximum atomic E-state index is 10.9. The van der Waals surface area contributed by atoms with Crippen molar-refractivity contribution in [2.24, 2.45) is 5.92 Å². The van der Waals surface area contributed by atoms with Crippen molar-refractivity contribution < 1.29 is 19.7 Å². The van der Waals surface area contributed by atoms with E-state index in [0.717, 1.165) is 0 Å². The molecule has 0 heterocycles. The lowest BCUT2D eigenvalue weighted by molar-refractivity contribution is -0.152. The molecule has 4 heteroatoms. The largest absolute Gasteiger partial charge is 0.467 e. The highest BCUT2D eigenvalue weighted by molar-refractivity contribution is 5.74. The van der Waals surface area contributed by atoms with Crippen molar-refractivity contribution in [3.8, 4) is 0 Å². The summed E-state index contributed by atoms with van der Waals surface area (Å²) in [4.78, 5) is 10.9. The minimum Gasteiger partial charge on any atom is -0.467 e. The quantitative estimate of drug-likeness (QED) is 0.465. The smallest absolute Gasteiger partial charge is 0.335 e. The molecule has 0 aromatic carbocycles. The molecule has 1 rings (SSSR count). The molecule has 1 aliphatic rings. The maximum Gasteiger partial charge on any atom is 0.335 e. The summed E-state index contributed by atoms with van der Waals surface area (Å²) < 4.78 is 4.41. The third-order valence-corrected chi connectivity index (χ3v) is 2.22. The number of carbonyl (C=O) groups is 1. The average Bonchev–Trinajstić information content (AvgIpc) is 2.17. The highest BCUT2D eigenvalue weighted by Gasteiger charge is 2.27. The second-order valence-corrected chi connectivity index (χ2v) is 3.16. The molecule has 0 bridgehead atoms. The Kier molecular flexibility index (Phi) is 3.45. The van der Waals surface area contributed by atoms with E-state index in [1.807, 2.05) is 0 Å². The molecule has 0 aromatic rings. The summed E-state index contributed by atoms with van der Waals surface area (Å²) in [5, 5.41) is 18.5. The first-order valence-electron chi connectivity index (χ1n) is 4.27. The zero-order valence-electron chi connectivity index (χ0n) is 7.51. The lowest BCUT2D eigenvalue weighted by Crippen LogP contribution is -2.31. The van der Waals surface area contributed by atoms with Crippen LogP contribution < -0.4 is 0 Å². The van der Waals surface area contributed by atoms with Crippen LogP contribution in [0.4, 0.5) is 0 Å². The summed E-state index contributed by atoms with van der Waals surface area (Å²) in [7, 11) is 1.24. The molecule has 0 spiro atoms. The molecule has 0 aliphatic heterocycles. The first-order valence-corrected chi connectivity index (χ1v) is 4.27. The molecule has 0 radical (unpaired) electrons. The van der Waals surface area contributed by atoms with E-state index < -0.39 is 18.2 Å². The van der Waals surface area contributed by atoms with Crippen LogP contribution >= 0.6 is 0 Å². The van der Waals surface area contributed by atoms with Crippen LogP contribution in [0.2, 0.25) is 0 Å². The predicted octanol–water partition coefficient (Wildman–Crippen LogP) is -0.153. The normalized spacial score (nSPS) is 29.8. The van der Waals surface area contributed by atoms with Gasteiger partial charge in [0.05, 0.1) is 13.2 Å². The van der Waals surface area contributed by atoms with Crippen molar-refractivity contribution >= 4 is 5.97 Å². The van der Waals surface area contributed by atoms with Crippen molar-refractivity contribution in [2.45, 2.75) is 25.0 Å². The van der Waals surface area contributed by atoms with Gasteiger partial charge in [-0.2, -0.15) is 0 Å². The summed E-state index contributed by atoms with van der Waals surface area (Å²) >= 11 is 0. The lowest BCUT2D eigenvalue weighted by Gasteiger charge is -2.22. The van der Waals surface area contributed by atoms with Crippen LogP contribution in [0.3, 0.4) is 0 Å². The Bertz CT molecular complexity index is 212. The van der Waals surface area contributed by atoms with Gasteiger partial charge in [0.25, 0.3) is 0 Å². The highest BCUT2D eigenvalue weighted by atomic mass is 16.5. The van der Waals surface area contributed by atoms with Crippen LogP contribution in [0.25, 0.3) is 0 Å². The first kappa shape index (κ1) is 10.2. The topological polar surface area (TPSA) is 66.8 Å². The van der Waals surface area contributed by atoms with Gasteiger partial charge in [0, 0.05) is 5.92 Å². The monoisotopic (exact) mass is 186 g/mol. The fourth-order valence-corrected chi connectivity index (χ4v) is 1.39. The molecule has 13 heavy (non-hydrogen) atoms. The second kappa shape index (κ2) is 4.39. The van der Waals surface area contributed by atoms with Crippen LogP contribution in [-0.2, 0) is 9.53 Å². The average molecular weight is 186 g/mol. The SMILES string of the molecule is COC(=O)C(O)C1C=CC(O)CC1. The van der Waals surface area contributed by atoms with Crippen LogP contribution in [-0.4, -0.2) is 35.5 Å². The van der Waals surface area contributed by atoms with Gasteiger partial charge in [0.2, 0.25) is 0 Å². The molecule has 4 nitrogen and oxygen atoms in total. The number of rotatable bonds is 2. The van der Waals surface area contributed by atoms with Gasteiger partial charge in [-0.1, -0.05) is 12.2 Å². The van der Waals surface area contributed by atoms with Crippen LogP contribution in [0.15, 0.2) is 12.2 Å². The number of carbonyl (C=O) groups excluding carboxylic acids is 1. The number of aliphatic hydroxyl groups excluding tert-OH is 2. The Morgan fingerprint density at radius 2 is 2.23 bits per heavy atom. The molecule has 0 fully saturated rings. The minimum atomic E-state index is -1.10. The van der Waals surface area contributed by atoms with Crippen molar-refractivity contribution in [3.05, 3.63) is 12.2 Å². The maximum absolute atomic E-state index is 10.9. The Morgan fingerprint density at radius 1 is 1.54 bits per heavy atom. The molecule has 3 unspecified atom stereocenters. The van der Waals surface area contributed by atoms with E-state index in [-0.39, 0.29) is 5.92 Å². The number of esters is 1. The summed E-state index contributed by atoms with van der Waals surface area (Å²) in [6, 6.07) is 0. The van der Waals surface area contributed by atoms with Gasteiger partial charge in [0.1, 0.15) is 0 Å². The van der Waals surface area contributed by atoms with Gasteiger partial charge >= 0.3 is 5.97 Å². The van der Waals surface area contributed by atoms with Crippen LogP contribution in [0.5, 0.6) is 0 Å². The van der Waals surface area contributed by atoms with E-state index >= 15 is 0 Å². The summed E-state index contributed by atoms with van der Waals surface area (Å²) in [6.45, 7) is 0. The molecular weight excluding hydrogens is 172 g/mol. The van der Waals surface area contributed by atoms with Crippen molar-refractivity contribution in [1.82, 2.24) is 0 Å². The van der Waals surface area contributed by atoms with Gasteiger partial charge in [-0.15, -0.1) is 0 Å². The third-order valence-electron chi connectivity index (χ3n) is 2.22. The van der Waals surface area contributed by atoms with Crippen molar-refractivity contribution in [2.75, 3.05) is 7.11 Å². The van der Waals surface area contributed by atoms with E-state index in [0.29, 0.717) is 12.8 Å². The Labute approximate surface area is 76.8 Å². The fraction of sp³-hybridized carbons (Fsp3) is 0.667. The van der Waals surface area contributed by atoms with Crippen molar-refractivity contribution in [1.29, 1.82) is 0 Å². The minimum absolute atomic E-state index is 0.226. The predicted molar refractivity (Wildman–Crippen MR) is 45.9 cm³/mol. The van der Waals surface area contributed by atoms with E-state index in [1.165, 1.54) is 7.11 Å². The lowest BCUT2D eigenvalue weighted by atomic mass is 9.90. The number of hydrogen-bond donors (Lipinski definition) is 2. The van der Waals surface area contributed by atoms with E-state index in [2.05, 4.69) is 4.74 Å². The molecule has 0 amide bonds. The molecule has 0 saturated heterocycles. The van der Waals surface area contributed by atoms with E-state index in [9.17, 15) is 9.90 Å². The fourth-order valence-electron chi connectivity index (χ4n) is 1.39. The van der Waals surface area contributed by atoms with Gasteiger partial charge in [-0.3, -0.25) is 0 Å². The third kappa shape index (κ3) is 2.54. The Morgan fingerprint density at radius 3 is 2.69 bits per heavy atom. The summed E-state index contributed by atoms with van der Waals surface area (Å²) in [6.07, 6.45) is 2.90. The molecular formula is C9H14O4. The van der Waals surface area contributed by atoms with E-state index in [1.54, 1.807) is 12.2 Å². The molecule has 0 saturated carbocycles. The zero-order valence-corrected chi connectivity index (χ0v) is 7.51. The molecule has 74 valence electrons. The van der Waals surface area contributed by atoms with Gasteiger partial charge < -0.3 is 14.9 Å². The highest BCUT2D eigenvalue weighted by Crippen LogP contribution is 2.21. The summed E-state index contributed by atoms with van der Waals surface area (Å²) in [5.41, 5.74) is 0. The second-order valence-electron chi connectivity index (χ2n) is 3.16. The van der Waals surface area contributed by atoms with Gasteiger partial charge in [0.15, 0.2) is 6.10 Å². The zero-order chi connectivity index (χ0) is 9.84. The number of ether oxygens (including phenoxy) is 1. The molecule has 1 aliphatic carbocycles. The van der Waals surface area contributed by atoms with Crippen LogP contribution in [0.1, 0.15) is 12.8 Å². The molecule has 0 aromatic heterocycles. The molecule has 3 atom stereocenters. The molecule has 2 N–H and O–H groups in total. The van der Waals surface area contributed by atoms with Gasteiger partial charge in [-0.05, 0) is 12.8 Å². The van der Waals surface area contributed by atoms with E-state index in [4.69, 9.17) is 5.11 Å². The number of aliphatic hydroxyl groups is 2. The number of hydrogen-bond acceptors (Lipinski definition) is 4. The number of methoxy groups -OCH3 is 1. The Hall–Kier alpha value is -0.870.